The van der Waals surface area contributed by atoms with Crippen LogP contribution in [-0.4, -0.2) is 30.2 Å². The number of unbranched alkanes of at least 4 members (excludes halogenated alkanes) is 6. The molecule has 7 heteroatoms. The second-order valence-electron chi connectivity index (χ2n) is 9.61. The molecule has 2 aromatic rings. The van der Waals surface area contributed by atoms with Gasteiger partial charge in [0.2, 0.25) is 5.91 Å². The van der Waals surface area contributed by atoms with Crippen LogP contribution < -0.4 is 10.2 Å². The van der Waals surface area contributed by atoms with Crippen molar-refractivity contribution in [3.05, 3.63) is 42.0 Å². The zero-order valence-corrected chi connectivity index (χ0v) is 19.8. The molecule has 1 aliphatic rings. The van der Waals surface area contributed by atoms with Gasteiger partial charge in [-0.2, -0.15) is 13.2 Å². The lowest BCUT2D eigenvalue weighted by Gasteiger charge is -2.30. The van der Waals surface area contributed by atoms with Crippen LogP contribution in [0.15, 0.2) is 36.4 Å². The van der Waals surface area contributed by atoms with E-state index in [2.05, 4.69) is 12.3 Å². The number of rotatable bonds is 11. The van der Waals surface area contributed by atoms with Gasteiger partial charge in [-0.05, 0) is 43.4 Å². The second kappa shape index (κ2) is 10.8. The summed E-state index contributed by atoms with van der Waals surface area (Å²) in [5, 5.41) is 2.48. The first kappa shape index (κ1) is 25.3. The normalized spacial score (nSPS) is 17.3. The maximum absolute atomic E-state index is 14.2. The lowest BCUT2D eigenvalue weighted by Crippen LogP contribution is -2.43. The highest BCUT2D eigenvalue weighted by Crippen LogP contribution is 2.43. The fourth-order valence-electron chi connectivity index (χ4n) is 4.34. The summed E-state index contributed by atoms with van der Waals surface area (Å²) >= 11 is 0. The second-order valence-corrected chi connectivity index (χ2v) is 9.61. The summed E-state index contributed by atoms with van der Waals surface area (Å²) in [5.41, 5.74) is 1.60. The molecule has 1 unspecified atom stereocenters. The number of hydrazine groups is 1. The summed E-state index contributed by atoms with van der Waals surface area (Å²) in [5.74, 6) is 0.0427. The van der Waals surface area contributed by atoms with Gasteiger partial charge in [0.25, 0.3) is 0 Å². The van der Waals surface area contributed by atoms with Crippen molar-refractivity contribution in [1.82, 2.24) is 10.4 Å². The number of fused-ring (bicyclic) bond motifs is 1. The molecule has 1 heterocycles. The van der Waals surface area contributed by atoms with Gasteiger partial charge in [-0.3, -0.25) is 10.2 Å². The van der Waals surface area contributed by atoms with E-state index in [0.29, 0.717) is 17.7 Å². The molecule has 2 aromatic carbocycles. The highest BCUT2D eigenvalue weighted by Gasteiger charge is 2.51. The van der Waals surface area contributed by atoms with Crippen LogP contribution in [0.2, 0.25) is 0 Å². The van der Waals surface area contributed by atoms with Crippen LogP contribution >= 0.6 is 0 Å². The van der Waals surface area contributed by atoms with Gasteiger partial charge in [0.1, 0.15) is 11.8 Å². The summed E-state index contributed by atoms with van der Waals surface area (Å²) in [6.45, 7) is 5.91. The van der Waals surface area contributed by atoms with Crippen LogP contribution in [0.1, 0.15) is 77.3 Å². The Morgan fingerprint density at radius 1 is 1.06 bits per heavy atom. The maximum Gasteiger partial charge on any atom is 0.409 e. The van der Waals surface area contributed by atoms with Crippen molar-refractivity contribution in [1.29, 1.82) is 0 Å². The van der Waals surface area contributed by atoms with E-state index in [4.69, 9.17) is 4.74 Å². The monoisotopic (exact) mass is 464 g/mol. The molecule has 4 nitrogen and oxygen atoms in total. The number of hydrogen-bond acceptors (Lipinski definition) is 3. The summed E-state index contributed by atoms with van der Waals surface area (Å²) in [6, 6.07) is 8.39. The van der Waals surface area contributed by atoms with Crippen LogP contribution in [-0.2, 0) is 4.79 Å². The van der Waals surface area contributed by atoms with E-state index in [1.54, 1.807) is 32.0 Å². The van der Waals surface area contributed by atoms with Crippen molar-refractivity contribution < 1.29 is 22.7 Å². The third-order valence-electron chi connectivity index (χ3n) is 6.21. The summed E-state index contributed by atoms with van der Waals surface area (Å²) < 4.78 is 48.6. The lowest BCUT2D eigenvalue weighted by atomic mass is 9.93. The molecular formula is C26H35F3N2O2. The Hall–Kier alpha value is -2.28. The van der Waals surface area contributed by atoms with Gasteiger partial charge >= 0.3 is 6.18 Å². The minimum absolute atomic E-state index is 0.0307. The van der Waals surface area contributed by atoms with E-state index >= 15 is 0 Å². The Morgan fingerprint density at radius 3 is 2.36 bits per heavy atom. The fraction of sp³-hybridized carbons (Fsp3) is 0.577. The van der Waals surface area contributed by atoms with E-state index in [1.165, 1.54) is 31.7 Å². The number of carbonyl (C=O) groups is 1. The number of carbonyl (C=O) groups excluding carboxylic acids is 1. The van der Waals surface area contributed by atoms with Gasteiger partial charge in [0.05, 0.1) is 12.0 Å². The van der Waals surface area contributed by atoms with E-state index in [-0.39, 0.29) is 12.1 Å². The predicted octanol–water partition coefficient (Wildman–Crippen LogP) is 6.95. The Bertz CT molecular complexity index is 943. The number of ether oxygens (including phenoxy) is 1. The first-order valence-corrected chi connectivity index (χ1v) is 11.9. The van der Waals surface area contributed by atoms with E-state index in [0.717, 1.165) is 29.7 Å². The third kappa shape index (κ3) is 6.40. The van der Waals surface area contributed by atoms with E-state index in [9.17, 15) is 18.0 Å². The number of alkyl halides is 3. The Balaban J connectivity index is 1.80. The van der Waals surface area contributed by atoms with Crippen LogP contribution in [0.25, 0.3) is 10.8 Å². The molecule has 1 saturated heterocycles. The molecule has 0 spiro atoms. The SMILES string of the molecule is CCCCCCCCCOc1cc(C(N2CC(C)(C)C(=O)N2)C(F)(F)F)cc2ccccc12. The van der Waals surface area contributed by atoms with Crippen molar-refractivity contribution in [2.75, 3.05) is 13.2 Å². The number of halogens is 3. The molecule has 0 bridgehead atoms. The van der Waals surface area contributed by atoms with Gasteiger partial charge in [-0.15, -0.1) is 0 Å². The predicted molar refractivity (Wildman–Crippen MR) is 125 cm³/mol. The molecule has 3 rings (SSSR count). The summed E-state index contributed by atoms with van der Waals surface area (Å²) in [6.07, 6.45) is 3.40. The van der Waals surface area contributed by atoms with Gasteiger partial charge in [-0.25, -0.2) is 5.01 Å². The van der Waals surface area contributed by atoms with Gasteiger partial charge < -0.3 is 4.74 Å². The highest BCUT2D eigenvalue weighted by atomic mass is 19.4. The zero-order valence-electron chi connectivity index (χ0n) is 19.8. The molecule has 0 aromatic heterocycles. The van der Waals surface area contributed by atoms with Crippen LogP contribution in [0.5, 0.6) is 5.75 Å². The standard InChI is InChI=1S/C26H35F3N2O2/c1-4-5-6-7-8-9-12-15-33-22-17-20(16-19-13-10-11-14-21(19)22)23(26(27,28)29)31-18-25(2,3)24(32)30-31/h10-11,13-14,16-17,23H,4-9,12,15,18H2,1-3H3,(H,30,32). The zero-order chi connectivity index (χ0) is 24.1. The topological polar surface area (TPSA) is 41.6 Å². The molecule has 1 fully saturated rings. The Morgan fingerprint density at radius 2 is 1.73 bits per heavy atom. The van der Waals surface area contributed by atoms with Crippen LogP contribution in [0.3, 0.4) is 0 Å². The van der Waals surface area contributed by atoms with Gasteiger partial charge in [-0.1, -0.05) is 69.7 Å². The Labute approximate surface area is 194 Å². The molecule has 1 aliphatic heterocycles. The largest absolute Gasteiger partial charge is 0.493 e. The average Bonchev–Trinajstić information content (AvgIpc) is 3.00. The fourth-order valence-corrected chi connectivity index (χ4v) is 4.34. The first-order chi connectivity index (χ1) is 15.6. The van der Waals surface area contributed by atoms with Crippen molar-refractivity contribution >= 4 is 16.7 Å². The molecular weight excluding hydrogens is 429 g/mol. The minimum Gasteiger partial charge on any atom is -0.493 e. The number of benzene rings is 2. The van der Waals surface area contributed by atoms with Gasteiger partial charge in [0.15, 0.2) is 0 Å². The smallest absolute Gasteiger partial charge is 0.409 e. The number of amides is 1. The maximum atomic E-state index is 14.2. The number of nitrogens with one attached hydrogen (secondary N) is 1. The molecule has 1 N–H and O–H groups in total. The number of hydrogen-bond donors (Lipinski definition) is 1. The van der Waals surface area contributed by atoms with Crippen molar-refractivity contribution in [3.8, 4) is 5.75 Å². The molecule has 1 amide bonds. The molecule has 0 saturated carbocycles. The van der Waals surface area contributed by atoms with Gasteiger partial charge in [0, 0.05) is 11.9 Å². The minimum atomic E-state index is -4.56. The van der Waals surface area contributed by atoms with Crippen molar-refractivity contribution in [2.24, 2.45) is 5.41 Å². The number of nitrogens with zero attached hydrogens (tertiary/aromatic N) is 1. The average molecular weight is 465 g/mol. The molecule has 182 valence electrons. The van der Waals surface area contributed by atoms with Crippen LogP contribution in [0.4, 0.5) is 13.2 Å². The highest BCUT2D eigenvalue weighted by molar-refractivity contribution is 5.89. The third-order valence-corrected chi connectivity index (χ3v) is 6.21. The molecule has 0 aliphatic carbocycles. The quantitative estimate of drug-likeness (QED) is 0.366. The Kier molecular flexibility index (Phi) is 8.27. The molecule has 1 atom stereocenters. The summed E-state index contributed by atoms with van der Waals surface area (Å²) in [4.78, 5) is 12.2. The van der Waals surface area contributed by atoms with Crippen LogP contribution in [0, 0.1) is 5.41 Å². The van der Waals surface area contributed by atoms with E-state index in [1.807, 2.05) is 12.1 Å². The van der Waals surface area contributed by atoms with E-state index < -0.39 is 23.5 Å². The molecule has 0 radical (unpaired) electrons. The molecule has 33 heavy (non-hydrogen) atoms. The summed E-state index contributed by atoms with van der Waals surface area (Å²) in [7, 11) is 0. The lowest BCUT2D eigenvalue weighted by molar-refractivity contribution is -0.191. The van der Waals surface area contributed by atoms with Crippen molar-refractivity contribution in [3.63, 3.8) is 0 Å². The first-order valence-electron chi connectivity index (χ1n) is 11.9. The van der Waals surface area contributed by atoms with Crippen molar-refractivity contribution in [2.45, 2.75) is 77.9 Å².